The van der Waals surface area contributed by atoms with Crippen LogP contribution in [0.1, 0.15) is 43.4 Å². The van der Waals surface area contributed by atoms with Crippen molar-refractivity contribution in [1.29, 1.82) is 0 Å². The first-order chi connectivity index (χ1) is 26.3. The fourth-order valence-electron chi connectivity index (χ4n) is 7.18. The van der Waals surface area contributed by atoms with Crippen LogP contribution in [0.25, 0.3) is 22.8 Å². The second-order valence-corrected chi connectivity index (χ2v) is 15.4. The fraction of sp³-hybridized carbons (Fsp3) is 0.273. The number of fused-ring (bicyclic) bond motifs is 2. The third-order valence-electron chi connectivity index (χ3n) is 10.3. The summed E-state index contributed by atoms with van der Waals surface area (Å²) < 4.78 is 6.16. The van der Waals surface area contributed by atoms with Gasteiger partial charge in [-0.3, -0.25) is 4.79 Å². The minimum absolute atomic E-state index is 0. The number of likely N-dealkylation sites (tertiary alicyclic amines) is 1. The number of nitrogens with zero attached hydrogens (tertiary/aromatic N) is 5. The van der Waals surface area contributed by atoms with Crippen molar-refractivity contribution < 1.29 is 31.8 Å². The first-order valence-electron chi connectivity index (χ1n) is 18.5. The third kappa shape index (κ3) is 9.76. The number of halogens is 3. The first kappa shape index (κ1) is 42.8. The van der Waals surface area contributed by atoms with Gasteiger partial charge in [0.1, 0.15) is 11.4 Å². The first-order valence-corrected chi connectivity index (χ1v) is 19.9. The SMILES string of the molecule is CCc1cccc(Cl)c1CSc1ccc2c(c1)OCC21CCN(CC(C)C(=O)O)CC1.Cl.[Cl-].c1ccc(-c2nn(-c3ccccc3)[n+](-c3ccccc3)n2)cc1. The van der Waals surface area contributed by atoms with E-state index in [2.05, 4.69) is 36.1 Å². The van der Waals surface area contributed by atoms with Crippen LogP contribution in [-0.2, 0) is 22.4 Å². The summed E-state index contributed by atoms with van der Waals surface area (Å²) in [4.78, 5) is 18.3. The van der Waals surface area contributed by atoms with E-state index in [0.717, 1.165) is 72.4 Å². The second-order valence-electron chi connectivity index (χ2n) is 13.9. The zero-order chi connectivity index (χ0) is 37.5. The van der Waals surface area contributed by atoms with Gasteiger partial charge in [-0.05, 0) is 108 Å². The summed E-state index contributed by atoms with van der Waals surface area (Å²) in [6.45, 7) is 7.13. The predicted molar refractivity (Wildman–Crippen MR) is 222 cm³/mol. The molecule has 0 aliphatic carbocycles. The maximum Gasteiger partial charge on any atom is 0.340 e. The highest BCUT2D eigenvalue weighted by Crippen LogP contribution is 2.47. The van der Waals surface area contributed by atoms with Crippen LogP contribution in [0.4, 0.5) is 0 Å². The number of tetrazole rings is 1. The number of carboxylic acid groups (broad SMARTS) is 1. The Bertz CT molecular complexity index is 2130. The normalized spacial score (nSPS) is 14.6. The Hall–Kier alpha value is -4.38. The standard InChI is InChI=1S/C25H30ClNO3S.C19H15N4.2ClH/c1-3-18-5-4-6-22(26)20(18)15-31-19-7-8-21-23(13-19)30-16-25(21)9-11-27(12-10-25)14-17(2)24(28)29;1-4-10-16(11-5-1)19-20-22(17-12-6-2-7-13-17)23(21-19)18-14-8-3-9-15-18;;/h4-8,13,17H,3,9-12,14-16H2,1-2H3,(H,28,29);1-15H;2*1H/q;+1;;/p-1. The lowest BCUT2D eigenvalue weighted by Gasteiger charge is -2.39. The van der Waals surface area contributed by atoms with Gasteiger partial charge in [-0.25, -0.2) is 0 Å². The van der Waals surface area contributed by atoms with E-state index in [1.807, 2.05) is 113 Å². The molecule has 1 saturated heterocycles. The number of aromatic nitrogens is 4. The lowest BCUT2D eigenvalue weighted by molar-refractivity contribution is -0.734. The average Bonchev–Trinajstić information content (AvgIpc) is 3.82. The Kier molecular flexibility index (Phi) is 15.0. The van der Waals surface area contributed by atoms with Crippen LogP contribution in [0.2, 0.25) is 5.02 Å². The van der Waals surface area contributed by atoms with Gasteiger partial charge in [-0.15, -0.1) is 24.2 Å². The van der Waals surface area contributed by atoms with E-state index in [4.69, 9.17) is 26.5 Å². The van der Waals surface area contributed by atoms with E-state index < -0.39 is 5.97 Å². The van der Waals surface area contributed by atoms with Crippen LogP contribution in [0, 0.1) is 5.92 Å². The molecule has 6 aromatic rings. The Morgan fingerprint density at radius 3 is 2.25 bits per heavy atom. The van der Waals surface area contributed by atoms with Gasteiger partial charge in [0, 0.05) is 38.0 Å². The fourth-order valence-corrected chi connectivity index (χ4v) is 8.53. The van der Waals surface area contributed by atoms with Gasteiger partial charge in [0.2, 0.25) is 0 Å². The van der Waals surface area contributed by atoms with E-state index in [9.17, 15) is 9.90 Å². The number of carbonyl (C=O) groups is 1. The molecule has 0 amide bonds. The lowest BCUT2D eigenvalue weighted by atomic mass is 9.74. The topological polar surface area (TPSA) is 84.4 Å². The molecule has 1 N–H and O–H groups in total. The lowest BCUT2D eigenvalue weighted by Crippen LogP contribution is -3.00. The van der Waals surface area contributed by atoms with Crippen LogP contribution in [-0.4, -0.2) is 57.2 Å². The van der Waals surface area contributed by atoms with Gasteiger partial charge < -0.3 is 27.2 Å². The molecule has 8 nitrogen and oxygen atoms in total. The van der Waals surface area contributed by atoms with E-state index >= 15 is 0 Å². The maximum absolute atomic E-state index is 11.2. The number of benzene rings is 5. The van der Waals surface area contributed by atoms with Crippen LogP contribution in [0.15, 0.2) is 132 Å². The Balaban J connectivity index is 0.000000215. The van der Waals surface area contributed by atoms with E-state index in [0.29, 0.717) is 12.4 Å². The summed E-state index contributed by atoms with van der Waals surface area (Å²) in [6, 6.07) is 42.8. The Morgan fingerprint density at radius 2 is 1.59 bits per heavy atom. The number of thioether (sulfide) groups is 1. The summed E-state index contributed by atoms with van der Waals surface area (Å²) >= 11 is 8.25. The number of hydrogen-bond donors (Lipinski definition) is 1. The molecule has 12 heteroatoms. The number of carboxylic acids is 1. The zero-order valence-corrected chi connectivity index (χ0v) is 34.6. The maximum atomic E-state index is 11.2. The molecule has 1 fully saturated rings. The van der Waals surface area contributed by atoms with Crippen LogP contribution in [0.5, 0.6) is 5.75 Å². The number of para-hydroxylation sites is 2. The van der Waals surface area contributed by atoms with Gasteiger partial charge in [0.05, 0.1) is 23.2 Å². The molecule has 2 aliphatic heterocycles. The summed E-state index contributed by atoms with van der Waals surface area (Å²) in [5.41, 5.74) is 6.83. The number of aliphatic carboxylic acids is 1. The molecule has 3 heterocycles. The highest BCUT2D eigenvalue weighted by atomic mass is 35.5. The van der Waals surface area contributed by atoms with E-state index in [1.165, 1.54) is 21.6 Å². The van der Waals surface area contributed by atoms with Gasteiger partial charge in [0.15, 0.2) is 5.69 Å². The zero-order valence-electron chi connectivity index (χ0n) is 31.4. The summed E-state index contributed by atoms with van der Waals surface area (Å²) in [5, 5.41) is 19.4. The van der Waals surface area contributed by atoms with Gasteiger partial charge in [-0.1, -0.05) is 98.2 Å². The van der Waals surface area contributed by atoms with Crippen molar-refractivity contribution in [2.45, 2.75) is 49.2 Å². The van der Waals surface area contributed by atoms with Crippen molar-refractivity contribution in [3.8, 4) is 28.5 Å². The highest BCUT2D eigenvalue weighted by Gasteiger charge is 2.43. The van der Waals surface area contributed by atoms with E-state index in [-0.39, 0.29) is 36.1 Å². The van der Waals surface area contributed by atoms with Crippen LogP contribution in [0.3, 0.4) is 0 Å². The third-order valence-corrected chi connectivity index (χ3v) is 11.7. The van der Waals surface area contributed by atoms with Crippen molar-refractivity contribution in [2.24, 2.45) is 5.92 Å². The molecule has 0 saturated carbocycles. The second kappa shape index (κ2) is 19.7. The van der Waals surface area contributed by atoms with Crippen molar-refractivity contribution >= 4 is 41.7 Å². The minimum atomic E-state index is -0.720. The molecule has 8 rings (SSSR count). The molecule has 1 unspecified atom stereocenters. The molecular formula is C44H46Cl3N5O3S. The molecule has 1 spiro atoms. The largest absolute Gasteiger partial charge is 1.00 e. The minimum Gasteiger partial charge on any atom is -1.00 e. The smallest absolute Gasteiger partial charge is 0.340 e. The quantitative estimate of drug-likeness (QED) is 0.129. The number of piperidine rings is 1. The highest BCUT2D eigenvalue weighted by molar-refractivity contribution is 7.98. The van der Waals surface area contributed by atoms with E-state index in [1.54, 1.807) is 18.7 Å². The van der Waals surface area contributed by atoms with Crippen molar-refractivity contribution in [3.63, 3.8) is 0 Å². The summed E-state index contributed by atoms with van der Waals surface area (Å²) in [7, 11) is 0. The van der Waals surface area contributed by atoms with Crippen LogP contribution >= 0.6 is 35.8 Å². The molecule has 0 bridgehead atoms. The molecule has 56 heavy (non-hydrogen) atoms. The number of ether oxygens (including phenoxy) is 1. The Morgan fingerprint density at radius 1 is 0.929 bits per heavy atom. The number of hydrogen-bond acceptors (Lipinski definition) is 6. The van der Waals surface area contributed by atoms with Gasteiger partial charge >= 0.3 is 11.8 Å². The van der Waals surface area contributed by atoms with Crippen LogP contribution < -0.4 is 21.9 Å². The van der Waals surface area contributed by atoms with Gasteiger partial charge in [-0.2, -0.15) is 0 Å². The molecule has 1 aromatic heterocycles. The predicted octanol–water partition coefficient (Wildman–Crippen LogP) is 6.28. The Labute approximate surface area is 350 Å². The molecule has 0 radical (unpaired) electrons. The summed E-state index contributed by atoms with van der Waals surface area (Å²) in [6.07, 6.45) is 3.01. The summed E-state index contributed by atoms with van der Waals surface area (Å²) in [5.74, 6) is 1.50. The van der Waals surface area contributed by atoms with Crippen molar-refractivity contribution in [3.05, 3.63) is 149 Å². The van der Waals surface area contributed by atoms with Gasteiger partial charge in [0.25, 0.3) is 0 Å². The molecular weight excluding hydrogens is 785 g/mol. The molecule has 2 aliphatic rings. The van der Waals surface area contributed by atoms with Crippen molar-refractivity contribution in [2.75, 3.05) is 26.2 Å². The molecule has 5 aromatic carbocycles. The number of aryl methyl sites for hydroxylation is 1. The number of rotatable bonds is 10. The van der Waals surface area contributed by atoms with Crippen molar-refractivity contribution in [1.82, 2.24) is 19.9 Å². The molecule has 292 valence electrons. The molecule has 1 atom stereocenters. The monoisotopic (exact) mass is 829 g/mol. The average molecular weight is 831 g/mol.